The quantitative estimate of drug-likeness (QED) is 0.196. The summed E-state index contributed by atoms with van der Waals surface area (Å²) in [5, 5.41) is 2.37. The Morgan fingerprint density at radius 2 is 1.13 bits per heavy atom. The van der Waals surface area contributed by atoms with Gasteiger partial charge in [-0.25, -0.2) is 15.0 Å². The molecule has 0 N–H and O–H groups in total. The highest BCUT2D eigenvalue weighted by atomic mass is 32.1. The van der Waals surface area contributed by atoms with Crippen molar-refractivity contribution in [2.45, 2.75) is 0 Å². The molecule has 3 aromatic heterocycles. The lowest BCUT2D eigenvalue weighted by atomic mass is 10.0. The largest absolute Gasteiger partial charge is 0.292 e. The molecule has 3 heterocycles. The number of hydrogen-bond acceptors (Lipinski definition) is 4. The van der Waals surface area contributed by atoms with E-state index >= 15 is 0 Å². The number of fused-ring (bicyclic) bond motifs is 4. The first kappa shape index (κ1) is 26.5. The minimum absolute atomic E-state index is 0.723. The first-order valence-corrected chi connectivity index (χ1v) is 16.1. The average Bonchev–Trinajstić information content (AvgIpc) is 3.71. The van der Waals surface area contributed by atoms with Crippen molar-refractivity contribution in [3.63, 3.8) is 0 Å². The molecule has 0 aliphatic heterocycles. The van der Waals surface area contributed by atoms with Gasteiger partial charge in [-0.2, -0.15) is 0 Å². The molecule has 0 fully saturated rings. The van der Waals surface area contributed by atoms with Gasteiger partial charge in [-0.15, -0.1) is 11.3 Å². The van der Waals surface area contributed by atoms with Crippen LogP contribution in [0.25, 0.3) is 82.2 Å². The second kappa shape index (κ2) is 10.9. The maximum Gasteiger partial charge on any atom is 0.161 e. The monoisotopic (exact) mass is 606 g/mol. The Morgan fingerprint density at radius 1 is 0.478 bits per heavy atom. The summed E-state index contributed by atoms with van der Waals surface area (Å²) in [4.78, 5) is 15.4. The lowest BCUT2D eigenvalue weighted by Crippen LogP contribution is -1.97. The van der Waals surface area contributed by atoms with Crippen molar-refractivity contribution in [3.8, 4) is 51.0 Å². The van der Waals surface area contributed by atoms with E-state index in [1.54, 1.807) is 11.3 Å². The Hall–Kier alpha value is -5.91. The SMILES string of the molecule is c1ccc(-c2cc(-c3ccccc3)nc(-c3cccc4sc5cc(-c6nc7ccccc7n6-c6ccccc6)ccc5c34)n2)cc1. The fraction of sp³-hybridized carbons (Fsp3) is 0. The Kier molecular flexibility index (Phi) is 6.28. The fourth-order valence-electron chi connectivity index (χ4n) is 6.29. The number of benzene rings is 6. The number of nitrogens with zero attached hydrogens (tertiary/aromatic N) is 4. The van der Waals surface area contributed by atoms with Gasteiger partial charge in [0.05, 0.1) is 22.4 Å². The molecular weight excluding hydrogens is 581 g/mol. The number of aromatic nitrogens is 4. The smallest absolute Gasteiger partial charge is 0.161 e. The molecule has 4 nitrogen and oxygen atoms in total. The highest BCUT2D eigenvalue weighted by Crippen LogP contribution is 2.42. The highest BCUT2D eigenvalue weighted by molar-refractivity contribution is 7.26. The average molecular weight is 607 g/mol. The van der Waals surface area contributed by atoms with E-state index < -0.39 is 0 Å². The zero-order chi connectivity index (χ0) is 30.5. The third-order valence-electron chi connectivity index (χ3n) is 8.44. The predicted molar refractivity (Wildman–Crippen MR) is 191 cm³/mol. The van der Waals surface area contributed by atoms with Crippen LogP contribution in [-0.2, 0) is 0 Å². The molecule has 9 aromatic rings. The first-order valence-electron chi connectivity index (χ1n) is 15.3. The van der Waals surface area contributed by atoms with Crippen molar-refractivity contribution in [2.24, 2.45) is 0 Å². The third-order valence-corrected chi connectivity index (χ3v) is 9.55. The summed E-state index contributed by atoms with van der Waals surface area (Å²) < 4.78 is 4.66. The highest BCUT2D eigenvalue weighted by Gasteiger charge is 2.19. The van der Waals surface area contributed by atoms with E-state index in [-0.39, 0.29) is 0 Å². The third kappa shape index (κ3) is 4.48. The van der Waals surface area contributed by atoms with Gasteiger partial charge in [0, 0.05) is 48.1 Å². The molecule has 6 aromatic carbocycles. The molecule has 0 saturated carbocycles. The summed E-state index contributed by atoms with van der Waals surface area (Å²) in [6.07, 6.45) is 0. The molecule has 0 aliphatic rings. The molecule has 0 spiro atoms. The number of rotatable bonds is 5. The van der Waals surface area contributed by atoms with Crippen molar-refractivity contribution < 1.29 is 0 Å². The molecule has 0 unspecified atom stereocenters. The number of thiophene rings is 1. The van der Waals surface area contributed by atoms with Crippen LogP contribution in [-0.4, -0.2) is 19.5 Å². The van der Waals surface area contributed by atoms with Crippen LogP contribution < -0.4 is 0 Å². The lowest BCUT2D eigenvalue weighted by Gasteiger charge is -2.11. The van der Waals surface area contributed by atoms with Gasteiger partial charge in [0.15, 0.2) is 5.82 Å². The minimum atomic E-state index is 0.723. The Balaban J connectivity index is 1.24. The Labute approximate surface area is 269 Å². The van der Waals surface area contributed by atoms with Crippen molar-refractivity contribution in [3.05, 3.63) is 158 Å². The summed E-state index contributed by atoms with van der Waals surface area (Å²) in [6.45, 7) is 0. The van der Waals surface area contributed by atoms with Gasteiger partial charge >= 0.3 is 0 Å². The zero-order valence-electron chi connectivity index (χ0n) is 24.7. The molecule has 0 radical (unpaired) electrons. The van der Waals surface area contributed by atoms with Gasteiger partial charge in [0.2, 0.25) is 0 Å². The van der Waals surface area contributed by atoms with Gasteiger partial charge in [-0.05, 0) is 42.5 Å². The first-order chi connectivity index (χ1) is 22.8. The van der Waals surface area contributed by atoms with Gasteiger partial charge in [-0.3, -0.25) is 4.57 Å². The van der Waals surface area contributed by atoms with Gasteiger partial charge < -0.3 is 0 Å². The van der Waals surface area contributed by atoms with Crippen molar-refractivity contribution >= 4 is 42.5 Å². The molecule has 216 valence electrons. The van der Waals surface area contributed by atoms with Crippen LogP contribution in [0, 0.1) is 0 Å². The van der Waals surface area contributed by atoms with E-state index in [0.29, 0.717) is 0 Å². The van der Waals surface area contributed by atoms with E-state index in [0.717, 1.165) is 62.0 Å². The van der Waals surface area contributed by atoms with Crippen LogP contribution in [0.4, 0.5) is 0 Å². The van der Waals surface area contributed by atoms with Crippen LogP contribution >= 0.6 is 11.3 Å². The molecule has 0 saturated heterocycles. The van der Waals surface area contributed by atoms with Crippen LogP contribution in [0.2, 0.25) is 0 Å². The van der Waals surface area contributed by atoms with Gasteiger partial charge in [0.1, 0.15) is 5.82 Å². The van der Waals surface area contributed by atoms with E-state index in [1.807, 2.05) is 24.3 Å². The topological polar surface area (TPSA) is 43.6 Å². The number of para-hydroxylation sites is 3. The normalized spacial score (nSPS) is 11.5. The molecule has 46 heavy (non-hydrogen) atoms. The Morgan fingerprint density at radius 3 is 1.85 bits per heavy atom. The van der Waals surface area contributed by atoms with E-state index in [2.05, 4.69) is 138 Å². The second-order valence-electron chi connectivity index (χ2n) is 11.3. The van der Waals surface area contributed by atoms with Crippen LogP contribution in [0.15, 0.2) is 158 Å². The van der Waals surface area contributed by atoms with Crippen LogP contribution in [0.5, 0.6) is 0 Å². The summed E-state index contributed by atoms with van der Waals surface area (Å²) in [6, 6.07) is 54.7. The summed E-state index contributed by atoms with van der Waals surface area (Å²) in [5.41, 5.74) is 9.21. The van der Waals surface area contributed by atoms with Crippen LogP contribution in [0.3, 0.4) is 0 Å². The van der Waals surface area contributed by atoms with Crippen molar-refractivity contribution in [1.82, 2.24) is 19.5 Å². The predicted octanol–water partition coefficient (Wildman–Crippen LogP) is 10.9. The fourth-order valence-corrected chi connectivity index (χ4v) is 7.46. The molecular formula is C41H26N4S. The lowest BCUT2D eigenvalue weighted by molar-refractivity contribution is 1.10. The maximum atomic E-state index is 5.15. The van der Waals surface area contributed by atoms with Gasteiger partial charge in [-0.1, -0.05) is 115 Å². The summed E-state index contributed by atoms with van der Waals surface area (Å²) in [7, 11) is 0. The summed E-state index contributed by atoms with van der Waals surface area (Å²) in [5.74, 6) is 1.65. The molecule has 9 rings (SSSR count). The molecule has 0 bridgehead atoms. The van der Waals surface area contributed by atoms with Gasteiger partial charge in [0.25, 0.3) is 0 Å². The van der Waals surface area contributed by atoms with E-state index in [4.69, 9.17) is 15.0 Å². The maximum absolute atomic E-state index is 5.15. The van der Waals surface area contributed by atoms with E-state index in [1.165, 1.54) is 20.2 Å². The molecule has 0 amide bonds. The van der Waals surface area contributed by atoms with Crippen molar-refractivity contribution in [1.29, 1.82) is 0 Å². The summed E-state index contributed by atoms with van der Waals surface area (Å²) >= 11 is 1.80. The molecule has 5 heteroatoms. The molecule has 0 aliphatic carbocycles. The molecule has 0 atom stereocenters. The minimum Gasteiger partial charge on any atom is -0.292 e. The second-order valence-corrected chi connectivity index (χ2v) is 12.4. The number of hydrogen-bond donors (Lipinski definition) is 0. The number of imidazole rings is 1. The van der Waals surface area contributed by atoms with Crippen molar-refractivity contribution in [2.75, 3.05) is 0 Å². The van der Waals surface area contributed by atoms with E-state index in [9.17, 15) is 0 Å². The Bertz CT molecular complexity index is 2460. The standard InChI is InChI=1S/C41H26N4S/c1-4-13-27(14-5-1)34-26-35(28-15-6-2-7-16-28)43-40(42-34)32-19-12-22-37-39(32)31-24-23-29(25-38(31)46-37)41-44-33-20-10-11-21-36(33)45(41)30-17-8-3-9-18-30/h1-26H. The van der Waals surface area contributed by atoms with Crippen LogP contribution in [0.1, 0.15) is 0 Å². The zero-order valence-corrected chi connectivity index (χ0v) is 25.5.